The second-order valence-electron chi connectivity index (χ2n) is 1.92. The van der Waals surface area contributed by atoms with E-state index in [-0.39, 0.29) is 0 Å². The van der Waals surface area contributed by atoms with E-state index in [9.17, 15) is 0 Å². The van der Waals surface area contributed by atoms with Crippen LogP contribution in [0.25, 0.3) is 0 Å². The van der Waals surface area contributed by atoms with Gasteiger partial charge in [-0.15, -0.1) is 0 Å². The summed E-state index contributed by atoms with van der Waals surface area (Å²) in [6, 6.07) is 0. The first-order valence-corrected chi connectivity index (χ1v) is 3.16. The number of nitrogens with zero attached hydrogens (tertiary/aromatic N) is 1. The fourth-order valence-electron chi connectivity index (χ4n) is 0.655. The molecule has 0 radical (unpaired) electrons. The first kappa shape index (κ1) is 9.17. The van der Waals surface area contributed by atoms with Crippen molar-refractivity contribution in [2.24, 2.45) is 0 Å². The van der Waals surface area contributed by atoms with E-state index in [1.807, 2.05) is 0 Å². The number of ether oxygens (including phenoxy) is 1. The minimum atomic E-state index is 0.913. The maximum Gasteiger partial charge on any atom is 0.0594 e. The molecule has 0 aliphatic carbocycles. The van der Waals surface area contributed by atoms with E-state index >= 15 is 0 Å². The molecule has 1 rings (SSSR count). The van der Waals surface area contributed by atoms with Crippen molar-refractivity contribution in [1.29, 1.82) is 0 Å². The van der Waals surface area contributed by atoms with Gasteiger partial charge < -0.3 is 9.64 Å². The fraction of sp³-hybridized carbons (Fsp3) is 1.00. The summed E-state index contributed by atoms with van der Waals surface area (Å²) in [6.45, 7) is 4.02. The molecule has 0 unspecified atom stereocenters. The standard InChI is InChI=1S/C5H11NO.ClHO/c1-6-2-4-7-5-3-6;1-2/h2-5H2,1H3;2H. The van der Waals surface area contributed by atoms with Gasteiger partial charge in [0.1, 0.15) is 0 Å². The van der Waals surface area contributed by atoms with Crippen LogP contribution in [0.4, 0.5) is 0 Å². The lowest BCUT2D eigenvalue weighted by Gasteiger charge is -2.21. The minimum Gasteiger partial charge on any atom is -0.379 e. The molecule has 0 aromatic carbocycles. The Kier molecular flexibility index (Phi) is 6.41. The third-order valence-corrected chi connectivity index (χ3v) is 1.23. The van der Waals surface area contributed by atoms with Crippen molar-refractivity contribution < 1.29 is 9.40 Å². The van der Waals surface area contributed by atoms with Gasteiger partial charge in [-0.1, -0.05) is 0 Å². The maximum absolute atomic E-state index is 6.47. The Morgan fingerprint density at radius 1 is 1.33 bits per heavy atom. The molecule has 1 aliphatic rings. The summed E-state index contributed by atoms with van der Waals surface area (Å²) in [4.78, 5) is 2.27. The first-order valence-electron chi connectivity index (χ1n) is 2.83. The molecule has 0 saturated carbocycles. The molecule has 0 spiro atoms. The van der Waals surface area contributed by atoms with E-state index in [2.05, 4.69) is 23.8 Å². The first-order chi connectivity index (χ1) is 4.39. The number of hydrogen-bond acceptors (Lipinski definition) is 3. The molecule has 3 nitrogen and oxygen atoms in total. The van der Waals surface area contributed by atoms with Crippen LogP contribution in [-0.4, -0.2) is 42.9 Å². The summed E-state index contributed by atoms with van der Waals surface area (Å²) in [6.07, 6.45) is 0. The largest absolute Gasteiger partial charge is 0.379 e. The molecule has 0 aromatic rings. The van der Waals surface area contributed by atoms with Crippen molar-refractivity contribution in [3.8, 4) is 0 Å². The van der Waals surface area contributed by atoms with Gasteiger partial charge in [0.25, 0.3) is 0 Å². The second kappa shape index (κ2) is 6.29. The molecular formula is C5H12ClNO2. The molecule has 0 aromatic heterocycles. The average Bonchev–Trinajstić information content (AvgIpc) is 1.94. The summed E-state index contributed by atoms with van der Waals surface area (Å²) >= 11 is 3.64. The van der Waals surface area contributed by atoms with Crippen LogP contribution in [-0.2, 0) is 4.74 Å². The van der Waals surface area contributed by atoms with Crippen molar-refractivity contribution in [3.05, 3.63) is 0 Å². The predicted molar refractivity (Wildman–Crippen MR) is 36.4 cm³/mol. The van der Waals surface area contributed by atoms with E-state index in [0.717, 1.165) is 26.3 Å². The Labute approximate surface area is 60.3 Å². The number of rotatable bonds is 0. The monoisotopic (exact) mass is 153 g/mol. The van der Waals surface area contributed by atoms with Crippen LogP contribution in [0.15, 0.2) is 0 Å². The molecular weight excluding hydrogens is 142 g/mol. The van der Waals surface area contributed by atoms with E-state index < -0.39 is 0 Å². The Bertz CT molecular complexity index is 56.9. The summed E-state index contributed by atoms with van der Waals surface area (Å²) in [5, 5.41) is 0. The molecule has 4 heteroatoms. The molecule has 9 heavy (non-hydrogen) atoms. The van der Waals surface area contributed by atoms with Crippen LogP contribution in [0.3, 0.4) is 0 Å². The van der Waals surface area contributed by atoms with Crippen molar-refractivity contribution in [2.45, 2.75) is 0 Å². The zero-order valence-corrected chi connectivity index (χ0v) is 6.26. The lowest BCUT2D eigenvalue weighted by Crippen LogP contribution is -2.32. The number of halogens is 1. The van der Waals surface area contributed by atoms with Gasteiger partial charge >= 0.3 is 0 Å². The van der Waals surface area contributed by atoms with Gasteiger partial charge in [-0.05, 0) is 7.05 Å². The number of likely N-dealkylation sites (N-methyl/N-ethyl adjacent to an activating group) is 1. The van der Waals surface area contributed by atoms with Gasteiger partial charge in [-0.3, -0.25) is 4.66 Å². The predicted octanol–water partition coefficient (Wildman–Crippen LogP) is 0.0809. The van der Waals surface area contributed by atoms with E-state index in [0.29, 0.717) is 0 Å². The Balaban J connectivity index is 0.000000291. The van der Waals surface area contributed by atoms with Crippen LogP contribution in [0.1, 0.15) is 0 Å². The fourth-order valence-corrected chi connectivity index (χ4v) is 0.655. The van der Waals surface area contributed by atoms with Crippen molar-refractivity contribution in [3.63, 3.8) is 0 Å². The molecule has 0 amide bonds. The molecule has 1 saturated heterocycles. The van der Waals surface area contributed by atoms with Gasteiger partial charge in [0, 0.05) is 13.1 Å². The highest BCUT2D eigenvalue weighted by Crippen LogP contribution is 1.89. The minimum absolute atomic E-state index is 0.913. The van der Waals surface area contributed by atoms with Crippen molar-refractivity contribution >= 4 is 11.9 Å². The van der Waals surface area contributed by atoms with Gasteiger partial charge in [0.2, 0.25) is 0 Å². The Morgan fingerprint density at radius 3 is 2.00 bits per heavy atom. The molecule has 56 valence electrons. The van der Waals surface area contributed by atoms with Crippen LogP contribution in [0.2, 0.25) is 0 Å². The van der Waals surface area contributed by atoms with E-state index in [1.54, 1.807) is 0 Å². The van der Waals surface area contributed by atoms with Gasteiger partial charge in [-0.25, -0.2) is 0 Å². The highest BCUT2D eigenvalue weighted by molar-refractivity contribution is 6.04. The highest BCUT2D eigenvalue weighted by atomic mass is 35.5. The zero-order chi connectivity index (χ0) is 7.11. The smallest absolute Gasteiger partial charge is 0.0594 e. The van der Waals surface area contributed by atoms with Gasteiger partial charge in [0.15, 0.2) is 0 Å². The van der Waals surface area contributed by atoms with Crippen LogP contribution in [0.5, 0.6) is 0 Å². The molecule has 0 atom stereocenters. The molecule has 1 heterocycles. The molecule has 1 aliphatic heterocycles. The third-order valence-electron chi connectivity index (χ3n) is 1.23. The Morgan fingerprint density at radius 2 is 1.78 bits per heavy atom. The van der Waals surface area contributed by atoms with Crippen LogP contribution in [0, 0.1) is 0 Å². The third kappa shape index (κ3) is 4.66. The molecule has 1 fully saturated rings. The maximum atomic E-state index is 6.47. The highest BCUT2D eigenvalue weighted by Gasteiger charge is 2.02. The van der Waals surface area contributed by atoms with Gasteiger partial charge in [0.05, 0.1) is 25.1 Å². The van der Waals surface area contributed by atoms with E-state index in [4.69, 9.17) is 9.40 Å². The second-order valence-corrected chi connectivity index (χ2v) is 1.92. The summed E-state index contributed by atoms with van der Waals surface area (Å²) in [5.41, 5.74) is 0. The summed E-state index contributed by atoms with van der Waals surface area (Å²) < 4.78 is 11.6. The van der Waals surface area contributed by atoms with Gasteiger partial charge in [-0.2, -0.15) is 0 Å². The number of morpholine rings is 1. The SMILES string of the molecule is CN1CCOCC1.OCl. The topological polar surface area (TPSA) is 32.7 Å². The van der Waals surface area contributed by atoms with Crippen LogP contribution < -0.4 is 0 Å². The normalized spacial score (nSPS) is 20.3. The number of hydrogen-bond donors (Lipinski definition) is 1. The average molecular weight is 154 g/mol. The lowest BCUT2D eigenvalue weighted by atomic mass is 10.5. The lowest BCUT2D eigenvalue weighted by molar-refractivity contribution is 0.0503. The summed E-state index contributed by atoms with van der Waals surface area (Å²) in [5.74, 6) is 0. The quantitative estimate of drug-likeness (QED) is 0.535. The Hall–Kier alpha value is 0.170. The summed E-state index contributed by atoms with van der Waals surface area (Å²) in [7, 11) is 2.11. The van der Waals surface area contributed by atoms with Crippen molar-refractivity contribution in [2.75, 3.05) is 33.4 Å². The van der Waals surface area contributed by atoms with Crippen LogP contribution >= 0.6 is 11.9 Å². The van der Waals surface area contributed by atoms with E-state index in [1.165, 1.54) is 0 Å². The molecule has 0 bridgehead atoms. The molecule has 1 N–H and O–H groups in total. The zero-order valence-electron chi connectivity index (χ0n) is 5.51. The van der Waals surface area contributed by atoms with Crippen molar-refractivity contribution in [1.82, 2.24) is 4.90 Å².